The van der Waals surface area contributed by atoms with Crippen molar-refractivity contribution in [3.8, 4) is 0 Å². The molecule has 0 aliphatic carbocycles. The third-order valence-electron chi connectivity index (χ3n) is 2.09. The van der Waals surface area contributed by atoms with Crippen LogP contribution in [0.4, 0.5) is 0 Å². The maximum absolute atomic E-state index is 4.16. The number of aryl methyl sites for hydroxylation is 1. The van der Waals surface area contributed by atoms with E-state index in [2.05, 4.69) is 36.5 Å². The minimum Gasteiger partial charge on any atom is -0.312 e. The molecule has 1 aromatic rings. The number of hydrogen-bond acceptors (Lipinski definition) is 3. The molecular formula is C11H18N2S. The van der Waals surface area contributed by atoms with E-state index >= 15 is 0 Å². The van der Waals surface area contributed by atoms with E-state index < -0.39 is 0 Å². The van der Waals surface area contributed by atoms with Gasteiger partial charge in [0, 0.05) is 30.7 Å². The molecule has 1 rings (SSSR count). The number of thioether (sulfide) groups is 1. The second-order valence-electron chi connectivity index (χ2n) is 3.55. The number of rotatable bonds is 5. The Morgan fingerprint density at radius 2 is 2.29 bits per heavy atom. The topological polar surface area (TPSA) is 24.9 Å². The fourth-order valence-electron chi connectivity index (χ4n) is 1.22. The molecule has 0 bridgehead atoms. The fraction of sp³-hybridized carbons (Fsp3) is 0.545. The van der Waals surface area contributed by atoms with E-state index in [0.29, 0.717) is 5.25 Å². The Morgan fingerprint density at radius 1 is 1.50 bits per heavy atom. The molecule has 78 valence electrons. The Bertz CT molecular complexity index is 276. The smallest absolute Gasteiger partial charge is 0.0313 e. The third kappa shape index (κ3) is 4.11. The van der Waals surface area contributed by atoms with Crippen LogP contribution < -0.4 is 5.32 Å². The van der Waals surface area contributed by atoms with Gasteiger partial charge in [-0.15, -0.1) is 0 Å². The van der Waals surface area contributed by atoms with Crippen LogP contribution in [-0.2, 0) is 6.54 Å². The van der Waals surface area contributed by atoms with Gasteiger partial charge >= 0.3 is 0 Å². The highest BCUT2D eigenvalue weighted by Crippen LogP contribution is 2.04. The molecule has 0 amide bonds. The molecule has 1 unspecified atom stereocenters. The highest BCUT2D eigenvalue weighted by molar-refractivity contribution is 7.99. The number of pyridine rings is 1. The molecule has 0 radical (unpaired) electrons. The van der Waals surface area contributed by atoms with Gasteiger partial charge in [-0.2, -0.15) is 11.8 Å². The standard InChI is InChI=1S/C11H18N2S/c1-9-4-11(7-12-5-9)8-13-6-10(2)14-3/h4-5,7,10,13H,6,8H2,1-3H3. The second-order valence-corrected chi connectivity index (χ2v) is 4.82. The Morgan fingerprint density at radius 3 is 2.93 bits per heavy atom. The highest BCUT2D eigenvalue weighted by atomic mass is 32.2. The minimum atomic E-state index is 0.674. The predicted octanol–water partition coefficient (Wildman–Crippen LogP) is 2.23. The lowest BCUT2D eigenvalue weighted by molar-refractivity contribution is 0.682. The number of aromatic nitrogens is 1. The molecule has 0 aromatic carbocycles. The van der Waals surface area contributed by atoms with Gasteiger partial charge in [0.05, 0.1) is 0 Å². The molecule has 0 saturated carbocycles. The van der Waals surface area contributed by atoms with Crippen molar-refractivity contribution >= 4 is 11.8 Å². The van der Waals surface area contributed by atoms with Crippen molar-refractivity contribution in [1.82, 2.24) is 10.3 Å². The van der Waals surface area contributed by atoms with E-state index in [1.165, 1.54) is 11.1 Å². The lowest BCUT2D eigenvalue weighted by atomic mass is 10.2. The first-order valence-corrected chi connectivity index (χ1v) is 6.15. The van der Waals surface area contributed by atoms with Crippen LogP contribution in [0.1, 0.15) is 18.1 Å². The average molecular weight is 210 g/mol. The summed E-state index contributed by atoms with van der Waals surface area (Å²) in [4.78, 5) is 4.16. The summed E-state index contributed by atoms with van der Waals surface area (Å²) in [5.41, 5.74) is 2.49. The summed E-state index contributed by atoms with van der Waals surface area (Å²) in [6.45, 7) is 6.27. The maximum Gasteiger partial charge on any atom is 0.0313 e. The van der Waals surface area contributed by atoms with Crippen LogP contribution in [0.15, 0.2) is 18.5 Å². The quantitative estimate of drug-likeness (QED) is 0.806. The molecule has 0 spiro atoms. The van der Waals surface area contributed by atoms with Gasteiger partial charge in [-0.25, -0.2) is 0 Å². The first kappa shape index (κ1) is 11.5. The summed E-state index contributed by atoms with van der Waals surface area (Å²) in [5, 5.41) is 4.09. The van der Waals surface area contributed by atoms with Crippen molar-refractivity contribution in [2.24, 2.45) is 0 Å². The molecule has 1 atom stereocenters. The SMILES string of the molecule is CSC(C)CNCc1cncc(C)c1. The van der Waals surface area contributed by atoms with Crippen LogP contribution in [0.5, 0.6) is 0 Å². The molecule has 0 saturated heterocycles. The van der Waals surface area contributed by atoms with Crippen LogP contribution in [0.2, 0.25) is 0 Å². The summed E-state index contributed by atoms with van der Waals surface area (Å²) >= 11 is 1.88. The van der Waals surface area contributed by atoms with Crippen LogP contribution in [-0.4, -0.2) is 23.0 Å². The molecule has 0 aliphatic rings. The monoisotopic (exact) mass is 210 g/mol. The maximum atomic E-state index is 4.16. The van der Waals surface area contributed by atoms with Gasteiger partial charge in [-0.1, -0.05) is 13.0 Å². The van der Waals surface area contributed by atoms with E-state index in [0.717, 1.165) is 13.1 Å². The summed E-state index contributed by atoms with van der Waals surface area (Å²) < 4.78 is 0. The Balaban J connectivity index is 2.31. The van der Waals surface area contributed by atoms with Gasteiger partial charge in [-0.05, 0) is 24.3 Å². The Kier molecular flexibility index (Phi) is 4.98. The Hall–Kier alpha value is -0.540. The zero-order valence-corrected chi connectivity index (χ0v) is 9.90. The van der Waals surface area contributed by atoms with Crippen LogP contribution in [0.25, 0.3) is 0 Å². The molecule has 0 fully saturated rings. The normalized spacial score (nSPS) is 12.8. The summed E-state index contributed by atoms with van der Waals surface area (Å²) in [5.74, 6) is 0. The van der Waals surface area contributed by atoms with Crippen molar-refractivity contribution < 1.29 is 0 Å². The molecule has 3 heteroatoms. The van der Waals surface area contributed by atoms with Crippen molar-refractivity contribution in [2.75, 3.05) is 12.8 Å². The predicted molar refractivity (Wildman–Crippen MR) is 63.7 cm³/mol. The van der Waals surface area contributed by atoms with E-state index in [4.69, 9.17) is 0 Å². The molecule has 1 aromatic heterocycles. The molecule has 0 aliphatic heterocycles. The number of nitrogens with zero attached hydrogens (tertiary/aromatic N) is 1. The summed E-state index contributed by atoms with van der Waals surface area (Å²) in [7, 11) is 0. The van der Waals surface area contributed by atoms with Gasteiger partial charge in [0.1, 0.15) is 0 Å². The third-order valence-corrected chi connectivity index (χ3v) is 3.07. The minimum absolute atomic E-state index is 0.674. The van der Waals surface area contributed by atoms with Crippen LogP contribution in [0.3, 0.4) is 0 Å². The Labute approximate surface area is 90.5 Å². The highest BCUT2D eigenvalue weighted by Gasteiger charge is 1.98. The van der Waals surface area contributed by atoms with Gasteiger partial charge in [0.2, 0.25) is 0 Å². The van der Waals surface area contributed by atoms with Gasteiger partial charge in [0.25, 0.3) is 0 Å². The second kappa shape index (κ2) is 6.04. The number of hydrogen-bond donors (Lipinski definition) is 1. The molecular weight excluding hydrogens is 192 g/mol. The van der Waals surface area contributed by atoms with Gasteiger partial charge in [-0.3, -0.25) is 4.98 Å². The van der Waals surface area contributed by atoms with Crippen molar-refractivity contribution in [3.05, 3.63) is 29.6 Å². The zero-order chi connectivity index (χ0) is 10.4. The van der Waals surface area contributed by atoms with Crippen molar-refractivity contribution in [3.63, 3.8) is 0 Å². The van der Waals surface area contributed by atoms with E-state index in [-0.39, 0.29) is 0 Å². The van der Waals surface area contributed by atoms with E-state index in [1.807, 2.05) is 24.2 Å². The lowest BCUT2D eigenvalue weighted by Gasteiger charge is -2.09. The van der Waals surface area contributed by atoms with Gasteiger partial charge < -0.3 is 5.32 Å². The molecule has 1 heterocycles. The number of nitrogens with one attached hydrogen (secondary N) is 1. The van der Waals surface area contributed by atoms with Crippen LogP contribution in [0, 0.1) is 6.92 Å². The van der Waals surface area contributed by atoms with E-state index in [9.17, 15) is 0 Å². The lowest BCUT2D eigenvalue weighted by Crippen LogP contribution is -2.22. The molecule has 1 N–H and O–H groups in total. The van der Waals surface area contributed by atoms with Crippen LogP contribution >= 0.6 is 11.8 Å². The zero-order valence-electron chi connectivity index (χ0n) is 9.08. The summed E-state index contributed by atoms with van der Waals surface area (Å²) in [6, 6.07) is 2.17. The summed E-state index contributed by atoms with van der Waals surface area (Å²) in [6.07, 6.45) is 5.94. The first-order chi connectivity index (χ1) is 6.72. The molecule has 2 nitrogen and oxygen atoms in total. The van der Waals surface area contributed by atoms with Crippen molar-refractivity contribution in [2.45, 2.75) is 25.6 Å². The largest absolute Gasteiger partial charge is 0.312 e. The average Bonchev–Trinajstić information content (AvgIpc) is 2.17. The fourth-order valence-corrected chi connectivity index (χ4v) is 1.50. The van der Waals surface area contributed by atoms with Gasteiger partial charge in [0.15, 0.2) is 0 Å². The molecule has 14 heavy (non-hydrogen) atoms. The van der Waals surface area contributed by atoms with Crippen molar-refractivity contribution in [1.29, 1.82) is 0 Å². The van der Waals surface area contributed by atoms with E-state index in [1.54, 1.807) is 0 Å². The first-order valence-electron chi connectivity index (χ1n) is 4.86.